The van der Waals surface area contributed by atoms with Crippen molar-refractivity contribution in [3.63, 3.8) is 0 Å². The lowest BCUT2D eigenvalue weighted by Gasteiger charge is -2.13. The van der Waals surface area contributed by atoms with E-state index in [1.807, 2.05) is 6.92 Å². The van der Waals surface area contributed by atoms with Gasteiger partial charge in [0.05, 0.1) is 6.61 Å². The average Bonchev–Trinajstić information content (AvgIpc) is 3.39. The summed E-state index contributed by atoms with van der Waals surface area (Å²) in [5.74, 6) is 0.301. The molecule has 4 aromatic rings. The van der Waals surface area contributed by atoms with Gasteiger partial charge in [0, 0.05) is 48.1 Å². The topological polar surface area (TPSA) is 77.2 Å². The third-order valence-electron chi connectivity index (χ3n) is 5.06. The van der Waals surface area contributed by atoms with Crippen molar-refractivity contribution in [3.8, 4) is 16.9 Å². The Morgan fingerprint density at radius 1 is 1.17 bits per heavy atom. The summed E-state index contributed by atoms with van der Waals surface area (Å²) in [5, 5.41) is 11.3. The first kappa shape index (κ1) is 17.5. The van der Waals surface area contributed by atoms with Crippen LogP contribution in [0.3, 0.4) is 0 Å². The Balaban J connectivity index is 1.51. The fraction of sp³-hybridized carbons (Fsp3) is 0.200. The van der Waals surface area contributed by atoms with E-state index in [2.05, 4.69) is 25.5 Å². The smallest absolute Gasteiger partial charge is 0.213 e. The molecule has 0 bridgehead atoms. The van der Waals surface area contributed by atoms with Crippen LogP contribution in [-0.2, 0) is 13.0 Å². The maximum absolute atomic E-state index is 14.4. The molecule has 5 rings (SSSR count). The highest BCUT2D eigenvalue weighted by Crippen LogP contribution is 2.31. The van der Waals surface area contributed by atoms with E-state index >= 15 is 0 Å². The molecule has 3 aromatic heterocycles. The van der Waals surface area contributed by atoms with E-state index in [4.69, 9.17) is 4.74 Å². The van der Waals surface area contributed by atoms with E-state index in [1.165, 1.54) is 24.7 Å². The van der Waals surface area contributed by atoms with Crippen molar-refractivity contribution in [1.29, 1.82) is 0 Å². The van der Waals surface area contributed by atoms with Crippen molar-refractivity contribution in [2.45, 2.75) is 19.9 Å². The van der Waals surface area contributed by atoms with Crippen LogP contribution in [-0.4, -0.2) is 31.2 Å². The molecule has 0 saturated heterocycles. The second-order valence-corrected chi connectivity index (χ2v) is 6.80. The van der Waals surface area contributed by atoms with Crippen molar-refractivity contribution >= 4 is 11.6 Å². The van der Waals surface area contributed by atoms with Crippen LogP contribution < -0.4 is 10.1 Å². The van der Waals surface area contributed by atoms with Crippen molar-refractivity contribution < 1.29 is 13.5 Å². The number of hydrogen-bond acceptors (Lipinski definition) is 6. The van der Waals surface area contributed by atoms with Crippen LogP contribution in [0.25, 0.3) is 16.8 Å². The largest absolute Gasteiger partial charge is 0.493 e. The molecule has 9 heteroatoms. The summed E-state index contributed by atoms with van der Waals surface area (Å²) in [5.41, 5.74) is 4.00. The van der Waals surface area contributed by atoms with Gasteiger partial charge in [-0.25, -0.2) is 14.4 Å². The Labute approximate surface area is 164 Å². The molecule has 1 aliphatic rings. The lowest BCUT2D eigenvalue weighted by atomic mass is 10.0. The standard InChI is InChI=1S/C20H16F2N6O/c1-11-7-23-18(22)6-13(11)15-9-25-20(28-10-26-27-19(15)28)24-8-14-12-4-5-29-17(12)3-2-16(14)21/h2-3,6-7,9-10H,4-5,8H2,1H3,(H,24,25). The molecule has 146 valence electrons. The van der Waals surface area contributed by atoms with E-state index in [1.54, 1.807) is 16.7 Å². The number of anilines is 1. The number of aromatic nitrogens is 5. The van der Waals surface area contributed by atoms with Crippen LogP contribution in [0.15, 0.2) is 36.9 Å². The summed E-state index contributed by atoms with van der Waals surface area (Å²) < 4.78 is 35.2. The van der Waals surface area contributed by atoms with Gasteiger partial charge >= 0.3 is 0 Å². The van der Waals surface area contributed by atoms with Gasteiger partial charge in [0.2, 0.25) is 11.9 Å². The van der Waals surface area contributed by atoms with E-state index in [9.17, 15) is 8.78 Å². The van der Waals surface area contributed by atoms with Gasteiger partial charge in [0.1, 0.15) is 17.9 Å². The molecule has 0 saturated carbocycles. The predicted octanol–water partition coefficient (Wildman–Crippen LogP) is 3.32. The number of pyridine rings is 1. The zero-order valence-corrected chi connectivity index (χ0v) is 15.5. The SMILES string of the molecule is Cc1cnc(F)cc1-c1cnc(NCc2c(F)ccc3c2CCO3)n2cnnc12. The van der Waals surface area contributed by atoms with Gasteiger partial charge in [-0.05, 0) is 30.2 Å². The van der Waals surface area contributed by atoms with E-state index in [0.717, 1.165) is 16.9 Å². The number of aryl methyl sites for hydroxylation is 1. The maximum Gasteiger partial charge on any atom is 0.213 e. The van der Waals surface area contributed by atoms with Crippen molar-refractivity contribution in [2.75, 3.05) is 11.9 Å². The minimum atomic E-state index is -0.582. The first-order chi connectivity index (χ1) is 14.1. The molecule has 29 heavy (non-hydrogen) atoms. The number of nitrogens with one attached hydrogen (secondary N) is 1. The summed E-state index contributed by atoms with van der Waals surface area (Å²) in [7, 11) is 0. The van der Waals surface area contributed by atoms with Gasteiger partial charge in [-0.3, -0.25) is 4.40 Å². The average molecular weight is 394 g/mol. The normalized spacial score (nSPS) is 12.8. The minimum absolute atomic E-state index is 0.237. The van der Waals surface area contributed by atoms with Crippen LogP contribution >= 0.6 is 0 Å². The fourth-order valence-electron chi connectivity index (χ4n) is 3.60. The highest BCUT2D eigenvalue weighted by molar-refractivity contribution is 5.79. The molecule has 1 aromatic carbocycles. The highest BCUT2D eigenvalue weighted by Gasteiger charge is 2.20. The number of benzene rings is 1. The summed E-state index contributed by atoms with van der Waals surface area (Å²) in [6.45, 7) is 2.62. The second-order valence-electron chi connectivity index (χ2n) is 6.80. The van der Waals surface area contributed by atoms with Gasteiger partial charge in [0.25, 0.3) is 0 Å². The van der Waals surface area contributed by atoms with Crippen LogP contribution in [0, 0.1) is 18.7 Å². The third-order valence-corrected chi connectivity index (χ3v) is 5.06. The van der Waals surface area contributed by atoms with E-state index in [-0.39, 0.29) is 12.4 Å². The molecule has 0 fully saturated rings. The fourth-order valence-corrected chi connectivity index (χ4v) is 3.60. The minimum Gasteiger partial charge on any atom is -0.493 e. The maximum atomic E-state index is 14.4. The molecule has 0 radical (unpaired) electrons. The van der Waals surface area contributed by atoms with Crippen LogP contribution in [0.4, 0.5) is 14.7 Å². The summed E-state index contributed by atoms with van der Waals surface area (Å²) in [6.07, 6.45) is 5.24. The molecule has 0 aliphatic carbocycles. The zero-order valence-electron chi connectivity index (χ0n) is 15.5. The van der Waals surface area contributed by atoms with Crippen LogP contribution in [0.5, 0.6) is 5.75 Å². The molecule has 0 unspecified atom stereocenters. The number of rotatable bonds is 4. The third kappa shape index (κ3) is 2.95. The molecule has 4 heterocycles. The molecule has 1 N–H and O–H groups in total. The molecule has 0 amide bonds. The first-order valence-electron chi connectivity index (χ1n) is 9.10. The van der Waals surface area contributed by atoms with Gasteiger partial charge in [0.15, 0.2) is 5.65 Å². The molecule has 7 nitrogen and oxygen atoms in total. The zero-order chi connectivity index (χ0) is 20.0. The molecule has 1 aliphatic heterocycles. The van der Waals surface area contributed by atoms with Gasteiger partial charge in [-0.2, -0.15) is 4.39 Å². The Bertz CT molecular complexity index is 1240. The van der Waals surface area contributed by atoms with E-state index < -0.39 is 5.95 Å². The lowest BCUT2D eigenvalue weighted by molar-refractivity contribution is 0.356. The van der Waals surface area contributed by atoms with E-state index in [0.29, 0.717) is 41.3 Å². The number of ether oxygens (including phenoxy) is 1. The van der Waals surface area contributed by atoms with Crippen molar-refractivity contribution in [1.82, 2.24) is 24.6 Å². The Hall–Kier alpha value is -3.62. The molecular formula is C20H16F2N6O. The quantitative estimate of drug-likeness (QED) is 0.535. The van der Waals surface area contributed by atoms with Gasteiger partial charge in [-0.15, -0.1) is 10.2 Å². The molecular weight excluding hydrogens is 378 g/mol. The van der Waals surface area contributed by atoms with Crippen molar-refractivity contribution in [3.05, 3.63) is 65.4 Å². The van der Waals surface area contributed by atoms with Gasteiger partial charge in [-0.1, -0.05) is 0 Å². The second kappa shape index (κ2) is 6.77. The Morgan fingerprint density at radius 3 is 2.97 bits per heavy atom. The molecule has 0 atom stereocenters. The summed E-state index contributed by atoms with van der Waals surface area (Å²) in [6, 6.07) is 4.41. The van der Waals surface area contributed by atoms with Gasteiger partial charge < -0.3 is 10.1 Å². The first-order valence-corrected chi connectivity index (χ1v) is 9.10. The van der Waals surface area contributed by atoms with Crippen molar-refractivity contribution in [2.24, 2.45) is 0 Å². The number of hydrogen-bond donors (Lipinski definition) is 1. The Kier molecular flexibility index (Phi) is 4.08. The number of fused-ring (bicyclic) bond motifs is 2. The Morgan fingerprint density at radius 2 is 2.07 bits per heavy atom. The monoisotopic (exact) mass is 394 g/mol. The number of halogens is 2. The van der Waals surface area contributed by atoms with Crippen LogP contribution in [0.2, 0.25) is 0 Å². The van der Waals surface area contributed by atoms with Crippen LogP contribution in [0.1, 0.15) is 16.7 Å². The highest BCUT2D eigenvalue weighted by atomic mass is 19.1. The molecule has 0 spiro atoms. The number of nitrogens with zero attached hydrogens (tertiary/aromatic N) is 5. The summed E-state index contributed by atoms with van der Waals surface area (Å²) in [4.78, 5) is 8.10. The lowest BCUT2D eigenvalue weighted by Crippen LogP contribution is -2.10. The predicted molar refractivity (Wildman–Crippen MR) is 102 cm³/mol. The summed E-state index contributed by atoms with van der Waals surface area (Å²) >= 11 is 0.